The Kier molecular flexibility index (Phi) is 5.34. The first-order valence-electron chi connectivity index (χ1n) is 13.5. The van der Waals surface area contributed by atoms with Gasteiger partial charge >= 0.3 is 5.97 Å². The normalized spacial score (nSPS) is 54.5. The molecule has 0 N–H and O–H groups in total. The molecule has 11 atom stereocenters. The van der Waals surface area contributed by atoms with Crippen LogP contribution in [0.3, 0.4) is 0 Å². The Morgan fingerprint density at radius 1 is 0.900 bits per heavy atom. The van der Waals surface area contributed by atoms with Gasteiger partial charge in [0.2, 0.25) is 0 Å². The number of fused-ring (bicyclic) bond motifs is 5. The number of esters is 1. The van der Waals surface area contributed by atoms with E-state index in [0.717, 1.165) is 36.0 Å². The third-order valence-corrected chi connectivity index (χ3v) is 12.0. The molecule has 2 nitrogen and oxygen atoms in total. The van der Waals surface area contributed by atoms with Gasteiger partial charge in [0.1, 0.15) is 6.10 Å². The van der Waals surface area contributed by atoms with Gasteiger partial charge in [0.15, 0.2) is 0 Å². The van der Waals surface area contributed by atoms with Crippen molar-refractivity contribution in [3.63, 3.8) is 0 Å². The van der Waals surface area contributed by atoms with Crippen molar-refractivity contribution in [2.24, 2.45) is 58.2 Å². The Balaban J connectivity index is 1.35. The molecule has 0 radical (unpaired) electrons. The van der Waals surface area contributed by atoms with Gasteiger partial charge in [0.25, 0.3) is 0 Å². The van der Waals surface area contributed by atoms with Gasteiger partial charge in [0, 0.05) is 0 Å². The van der Waals surface area contributed by atoms with E-state index in [2.05, 4.69) is 27.7 Å². The van der Waals surface area contributed by atoms with E-state index in [1.165, 1.54) is 64.2 Å². The molecule has 30 heavy (non-hydrogen) atoms. The summed E-state index contributed by atoms with van der Waals surface area (Å²) in [5.74, 6) is 5.71. The maximum atomic E-state index is 12.4. The number of cyclic esters (lactones) is 1. The Morgan fingerprint density at radius 2 is 1.67 bits per heavy atom. The minimum Gasteiger partial charge on any atom is -0.462 e. The highest BCUT2D eigenvalue weighted by atomic mass is 16.5. The predicted molar refractivity (Wildman–Crippen MR) is 122 cm³/mol. The first-order chi connectivity index (χ1) is 14.3. The molecule has 0 amide bonds. The molecule has 0 aromatic heterocycles. The molecule has 4 saturated carbocycles. The Morgan fingerprint density at radius 3 is 2.43 bits per heavy atom. The van der Waals surface area contributed by atoms with Crippen LogP contribution in [0.15, 0.2) is 0 Å². The van der Waals surface area contributed by atoms with E-state index in [9.17, 15) is 4.79 Å². The smallest absolute Gasteiger partial charge is 0.309 e. The fourth-order valence-electron chi connectivity index (χ4n) is 9.89. The summed E-state index contributed by atoms with van der Waals surface area (Å²) in [6, 6.07) is 0. The van der Waals surface area contributed by atoms with Gasteiger partial charge in [-0.1, -0.05) is 47.5 Å². The lowest BCUT2D eigenvalue weighted by Gasteiger charge is -2.61. The maximum Gasteiger partial charge on any atom is 0.309 e. The van der Waals surface area contributed by atoms with Crippen LogP contribution in [0.1, 0.15) is 105 Å². The van der Waals surface area contributed by atoms with Crippen molar-refractivity contribution in [2.75, 3.05) is 0 Å². The van der Waals surface area contributed by atoms with Crippen LogP contribution in [0.25, 0.3) is 0 Å². The SMILES string of the molecule is C[C@@H]([C@H]1CC[C@H]2[C@@H]3CC[C@H]4CCCC[C@]4(C)[C@H]3CC[C@]12C)[C@H]1C[C@@H](C)[C@@H](C)C(=O)O1. The summed E-state index contributed by atoms with van der Waals surface area (Å²) >= 11 is 0. The lowest BCUT2D eigenvalue weighted by atomic mass is 9.44. The van der Waals surface area contributed by atoms with Crippen molar-refractivity contribution in [1.82, 2.24) is 0 Å². The van der Waals surface area contributed by atoms with Crippen LogP contribution in [-0.4, -0.2) is 12.1 Å². The van der Waals surface area contributed by atoms with Gasteiger partial charge in [0.05, 0.1) is 5.92 Å². The zero-order valence-electron chi connectivity index (χ0n) is 20.3. The van der Waals surface area contributed by atoms with Crippen LogP contribution >= 0.6 is 0 Å². The van der Waals surface area contributed by atoms with Gasteiger partial charge < -0.3 is 4.74 Å². The second-order valence-corrected chi connectivity index (χ2v) is 13.0. The van der Waals surface area contributed by atoms with Crippen molar-refractivity contribution in [1.29, 1.82) is 0 Å². The highest BCUT2D eigenvalue weighted by Crippen LogP contribution is 2.68. The number of rotatable bonds is 2. The molecular formula is C28H46O2. The molecule has 170 valence electrons. The zero-order chi connectivity index (χ0) is 21.3. The maximum absolute atomic E-state index is 12.4. The van der Waals surface area contributed by atoms with E-state index in [1.54, 1.807) is 0 Å². The second kappa shape index (κ2) is 7.51. The molecule has 1 aliphatic heterocycles. The van der Waals surface area contributed by atoms with Crippen LogP contribution in [0.5, 0.6) is 0 Å². The predicted octanol–water partition coefficient (Wildman–Crippen LogP) is 7.26. The first kappa shape index (κ1) is 21.3. The minimum absolute atomic E-state index is 0.0533. The van der Waals surface area contributed by atoms with Crippen molar-refractivity contribution < 1.29 is 9.53 Å². The van der Waals surface area contributed by atoms with E-state index < -0.39 is 0 Å². The minimum atomic E-state index is 0.0533. The Hall–Kier alpha value is -0.530. The Labute approximate surface area is 185 Å². The third-order valence-electron chi connectivity index (χ3n) is 12.0. The lowest BCUT2D eigenvalue weighted by molar-refractivity contribution is -0.171. The highest BCUT2D eigenvalue weighted by Gasteiger charge is 2.60. The summed E-state index contributed by atoms with van der Waals surface area (Å²) < 4.78 is 6.02. The number of carbonyl (C=O) groups is 1. The van der Waals surface area contributed by atoms with E-state index in [-0.39, 0.29) is 18.0 Å². The van der Waals surface area contributed by atoms with Crippen LogP contribution in [0.2, 0.25) is 0 Å². The van der Waals surface area contributed by atoms with Gasteiger partial charge in [-0.3, -0.25) is 4.79 Å². The van der Waals surface area contributed by atoms with Gasteiger partial charge in [-0.2, -0.15) is 0 Å². The molecule has 0 spiro atoms. The van der Waals surface area contributed by atoms with Gasteiger partial charge in [-0.15, -0.1) is 0 Å². The molecule has 4 aliphatic carbocycles. The quantitative estimate of drug-likeness (QED) is 0.444. The van der Waals surface area contributed by atoms with E-state index in [0.29, 0.717) is 22.7 Å². The lowest BCUT2D eigenvalue weighted by Crippen LogP contribution is -2.53. The number of carbonyl (C=O) groups excluding carboxylic acids is 1. The van der Waals surface area contributed by atoms with Crippen LogP contribution < -0.4 is 0 Å². The average Bonchev–Trinajstić information content (AvgIpc) is 3.07. The number of hydrogen-bond acceptors (Lipinski definition) is 2. The van der Waals surface area contributed by atoms with Crippen molar-refractivity contribution in [2.45, 2.75) is 111 Å². The molecule has 0 aromatic rings. The summed E-state index contributed by atoms with van der Waals surface area (Å²) in [6.45, 7) is 12.1. The molecule has 1 saturated heterocycles. The first-order valence-corrected chi connectivity index (χ1v) is 13.5. The summed E-state index contributed by atoms with van der Waals surface area (Å²) in [6.07, 6.45) is 15.8. The molecule has 0 aromatic carbocycles. The molecule has 5 rings (SSSR count). The molecule has 2 heteroatoms. The number of ether oxygens (including phenoxy) is 1. The molecule has 0 bridgehead atoms. The summed E-state index contributed by atoms with van der Waals surface area (Å²) in [4.78, 5) is 12.4. The monoisotopic (exact) mass is 414 g/mol. The third kappa shape index (κ3) is 3.05. The topological polar surface area (TPSA) is 26.3 Å². The molecule has 5 aliphatic rings. The number of hydrogen-bond donors (Lipinski definition) is 0. The van der Waals surface area contributed by atoms with Crippen LogP contribution in [0.4, 0.5) is 0 Å². The molecular weight excluding hydrogens is 368 g/mol. The fourth-order valence-corrected chi connectivity index (χ4v) is 9.89. The second-order valence-electron chi connectivity index (χ2n) is 13.0. The largest absolute Gasteiger partial charge is 0.462 e. The highest BCUT2D eigenvalue weighted by molar-refractivity contribution is 5.73. The molecule has 0 unspecified atom stereocenters. The van der Waals surface area contributed by atoms with E-state index in [4.69, 9.17) is 4.74 Å². The summed E-state index contributed by atoms with van der Waals surface area (Å²) in [5.41, 5.74) is 1.10. The summed E-state index contributed by atoms with van der Waals surface area (Å²) in [5, 5.41) is 0. The van der Waals surface area contributed by atoms with Crippen molar-refractivity contribution in [3.8, 4) is 0 Å². The van der Waals surface area contributed by atoms with Gasteiger partial charge in [-0.05, 0) is 110 Å². The molecule has 1 heterocycles. The van der Waals surface area contributed by atoms with Crippen molar-refractivity contribution >= 4 is 5.97 Å². The zero-order valence-corrected chi connectivity index (χ0v) is 20.3. The van der Waals surface area contributed by atoms with E-state index in [1.807, 2.05) is 6.92 Å². The van der Waals surface area contributed by atoms with Gasteiger partial charge in [-0.25, -0.2) is 0 Å². The van der Waals surface area contributed by atoms with Crippen molar-refractivity contribution in [3.05, 3.63) is 0 Å². The fraction of sp³-hybridized carbons (Fsp3) is 0.964. The Bertz CT molecular complexity index is 672. The van der Waals surface area contributed by atoms with E-state index >= 15 is 0 Å². The average molecular weight is 415 g/mol. The van der Waals surface area contributed by atoms with Crippen LogP contribution in [-0.2, 0) is 9.53 Å². The van der Waals surface area contributed by atoms with Crippen LogP contribution in [0, 0.1) is 58.2 Å². The molecule has 5 fully saturated rings. The summed E-state index contributed by atoms with van der Waals surface area (Å²) in [7, 11) is 0. The standard InChI is InChI=1S/C28H46O2/c1-17-16-25(30-26(29)18(17)2)19(3)22-11-12-23-21-10-9-20-8-6-7-14-27(20,4)24(21)13-15-28(22,23)5/h17-25H,6-16H2,1-5H3/t17-,18-,19+,20-,21+,22-,23+,24+,25-,27+,28-/m1/s1.